The molecule has 1 atom stereocenters. The highest BCUT2D eigenvalue weighted by Crippen LogP contribution is 2.30. The Kier molecular flexibility index (Phi) is 5.80. The standard InChI is InChI=1S/C21H27N7O2/c1-4-16-12-30-11-10-28(16)20-17-19(23-13-27(17)3)25-18(26-20)14-6-8-15(9-7-14)24-21(29)22-5-2/h6-9,13,16H,4-5,10-12H2,1-3H3,(H2,22,24,29). The van der Waals surface area contributed by atoms with Gasteiger partial charge in [0.2, 0.25) is 0 Å². The smallest absolute Gasteiger partial charge is 0.319 e. The lowest BCUT2D eigenvalue weighted by atomic mass is 10.1. The first-order chi connectivity index (χ1) is 14.6. The topological polar surface area (TPSA) is 97.2 Å². The lowest BCUT2D eigenvalue weighted by molar-refractivity contribution is 0.0927. The van der Waals surface area contributed by atoms with Gasteiger partial charge < -0.3 is 24.8 Å². The highest BCUT2D eigenvalue weighted by atomic mass is 16.5. The SMILES string of the molecule is CCNC(=O)Nc1ccc(-c2nc(N3CCOCC3CC)c3c(ncn3C)n2)cc1. The van der Waals surface area contributed by atoms with Gasteiger partial charge in [0.15, 0.2) is 17.3 Å². The summed E-state index contributed by atoms with van der Waals surface area (Å²) in [5.41, 5.74) is 3.17. The van der Waals surface area contributed by atoms with Crippen LogP contribution in [-0.2, 0) is 11.8 Å². The zero-order valence-electron chi connectivity index (χ0n) is 17.6. The number of carbonyl (C=O) groups is 1. The maximum atomic E-state index is 11.7. The van der Waals surface area contributed by atoms with Crippen molar-refractivity contribution < 1.29 is 9.53 Å². The zero-order chi connectivity index (χ0) is 21.1. The molecule has 0 aliphatic carbocycles. The van der Waals surface area contributed by atoms with Crippen molar-refractivity contribution in [3.05, 3.63) is 30.6 Å². The van der Waals surface area contributed by atoms with E-state index >= 15 is 0 Å². The number of nitrogens with zero attached hydrogens (tertiary/aromatic N) is 5. The molecule has 1 fully saturated rings. The van der Waals surface area contributed by atoms with E-state index in [0.29, 0.717) is 36.9 Å². The van der Waals surface area contributed by atoms with E-state index in [9.17, 15) is 4.79 Å². The molecule has 0 radical (unpaired) electrons. The van der Waals surface area contributed by atoms with Gasteiger partial charge in [0, 0.05) is 31.4 Å². The van der Waals surface area contributed by atoms with Crippen molar-refractivity contribution in [2.24, 2.45) is 7.05 Å². The maximum Gasteiger partial charge on any atom is 0.319 e. The van der Waals surface area contributed by atoms with E-state index in [1.165, 1.54) is 0 Å². The number of fused-ring (bicyclic) bond motifs is 1. The Labute approximate surface area is 175 Å². The normalized spacial score (nSPS) is 16.6. The highest BCUT2D eigenvalue weighted by Gasteiger charge is 2.27. The lowest BCUT2D eigenvalue weighted by Crippen LogP contribution is -2.45. The van der Waals surface area contributed by atoms with Crippen LogP contribution in [0.3, 0.4) is 0 Å². The molecule has 2 aromatic heterocycles. The number of aromatic nitrogens is 4. The molecule has 3 heterocycles. The Bertz CT molecular complexity index is 1030. The Hall–Kier alpha value is -3.20. The third-order valence-electron chi connectivity index (χ3n) is 5.26. The first-order valence-electron chi connectivity index (χ1n) is 10.3. The fourth-order valence-electron chi connectivity index (χ4n) is 3.68. The summed E-state index contributed by atoms with van der Waals surface area (Å²) in [6.45, 7) is 6.76. The molecule has 3 aromatic rings. The number of morpholine rings is 1. The van der Waals surface area contributed by atoms with E-state index in [-0.39, 0.29) is 12.1 Å². The third kappa shape index (κ3) is 3.93. The Morgan fingerprint density at radius 3 is 2.77 bits per heavy atom. The monoisotopic (exact) mass is 409 g/mol. The fraction of sp³-hybridized carbons (Fsp3) is 0.429. The van der Waals surface area contributed by atoms with Crippen LogP contribution in [0.1, 0.15) is 20.3 Å². The first-order valence-corrected chi connectivity index (χ1v) is 10.3. The van der Waals surface area contributed by atoms with Gasteiger partial charge >= 0.3 is 6.03 Å². The molecule has 9 heteroatoms. The molecule has 4 rings (SSSR count). The van der Waals surface area contributed by atoms with Crippen LogP contribution in [0, 0.1) is 0 Å². The van der Waals surface area contributed by atoms with Crippen LogP contribution in [0.25, 0.3) is 22.6 Å². The second-order valence-electron chi connectivity index (χ2n) is 7.29. The Morgan fingerprint density at radius 1 is 1.23 bits per heavy atom. The van der Waals surface area contributed by atoms with Crippen molar-refractivity contribution in [1.29, 1.82) is 0 Å². The minimum Gasteiger partial charge on any atom is -0.377 e. The van der Waals surface area contributed by atoms with E-state index in [0.717, 1.165) is 29.9 Å². The number of imidazole rings is 1. The molecule has 1 unspecified atom stereocenters. The average Bonchev–Trinajstić information content (AvgIpc) is 3.14. The summed E-state index contributed by atoms with van der Waals surface area (Å²) in [5.74, 6) is 1.50. The number of hydrogen-bond donors (Lipinski definition) is 2. The second kappa shape index (κ2) is 8.66. The molecule has 9 nitrogen and oxygen atoms in total. The van der Waals surface area contributed by atoms with Crippen LogP contribution in [0.5, 0.6) is 0 Å². The molecule has 1 saturated heterocycles. The molecule has 1 aliphatic rings. The summed E-state index contributed by atoms with van der Waals surface area (Å²) in [7, 11) is 1.96. The largest absolute Gasteiger partial charge is 0.377 e. The van der Waals surface area contributed by atoms with Crippen LogP contribution in [0.15, 0.2) is 30.6 Å². The van der Waals surface area contributed by atoms with Gasteiger partial charge in [-0.25, -0.2) is 19.7 Å². The highest BCUT2D eigenvalue weighted by molar-refractivity contribution is 5.90. The zero-order valence-corrected chi connectivity index (χ0v) is 17.6. The van der Waals surface area contributed by atoms with Gasteiger partial charge in [-0.2, -0.15) is 0 Å². The molecular weight excluding hydrogens is 382 g/mol. The molecule has 1 aromatic carbocycles. The van der Waals surface area contributed by atoms with Crippen molar-refractivity contribution in [1.82, 2.24) is 24.8 Å². The van der Waals surface area contributed by atoms with E-state index in [4.69, 9.17) is 14.7 Å². The molecule has 0 spiro atoms. The first kappa shape index (κ1) is 20.1. The van der Waals surface area contributed by atoms with Gasteiger partial charge in [-0.1, -0.05) is 6.92 Å². The van der Waals surface area contributed by atoms with Crippen LogP contribution < -0.4 is 15.5 Å². The molecule has 30 heavy (non-hydrogen) atoms. The van der Waals surface area contributed by atoms with Crippen molar-refractivity contribution in [3.8, 4) is 11.4 Å². The number of aryl methyl sites for hydroxylation is 1. The van der Waals surface area contributed by atoms with Crippen LogP contribution in [-0.4, -0.2) is 57.9 Å². The minimum atomic E-state index is -0.225. The number of amides is 2. The third-order valence-corrected chi connectivity index (χ3v) is 5.26. The van der Waals surface area contributed by atoms with Gasteiger partial charge in [-0.15, -0.1) is 0 Å². The molecule has 2 amide bonds. The van der Waals surface area contributed by atoms with Gasteiger partial charge in [0.1, 0.15) is 5.52 Å². The lowest BCUT2D eigenvalue weighted by Gasteiger charge is -2.36. The number of carbonyl (C=O) groups excluding carboxylic acids is 1. The Balaban J connectivity index is 1.71. The van der Waals surface area contributed by atoms with Crippen LogP contribution >= 0.6 is 0 Å². The van der Waals surface area contributed by atoms with Crippen molar-refractivity contribution in [2.75, 3.05) is 36.5 Å². The summed E-state index contributed by atoms with van der Waals surface area (Å²) >= 11 is 0. The number of hydrogen-bond acceptors (Lipinski definition) is 6. The summed E-state index contributed by atoms with van der Waals surface area (Å²) in [4.78, 5) is 28.1. The predicted octanol–water partition coefficient (Wildman–Crippen LogP) is 2.79. The summed E-state index contributed by atoms with van der Waals surface area (Å²) in [6.07, 6.45) is 2.74. The molecule has 0 saturated carbocycles. The summed E-state index contributed by atoms with van der Waals surface area (Å²) in [5, 5.41) is 5.52. The van der Waals surface area contributed by atoms with Crippen LogP contribution in [0.2, 0.25) is 0 Å². The minimum absolute atomic E-state index is 0.225. The average molecular weight is 409 g/mol. The molecule has 0 bridgehead atoms. The summed E-state index contributed by atoms with van der Waals surface area (Å²) in [6, 6.07) is 7.55. The van der Waals surface area contributed by atoms with Crippen LogP contribution in [0.4, 0.5) is 16.3 Å². The second-order valence-corrected chi connectivity index (χ2v) is 7.29. The summed E-state index contributed by atoms with van der Waals surface area (Å²) < 4.78 is 7.65. The number of nitrogens with one attached hydrogen (secondary N) is 2. The molecule has 1 aliphatic heterocycles. The molecule has 158 valence electrons. The number of urea groups is 1. The quantitative estimate of drug-likeness (QED) is 0.673. The predicted molar refractivity (Wildman–Crippen MR) is 117 cm³/mol. The molecular formula is C21H27N7O2. The van der Waals surface area contributed by atoms with Gasteiger partial charge in [-0.3, -0.25) is 0 Å². The number of rotatable bonds is 5. The van der Waals surface area contributed by atoms with E-state index in [1.807, 2.05) is 42.8 Å². The maximum absolute atomic E-state index is 11.7. The van der Waals surface area contributed by atoms with Crippen molar-refractivity contribution >= 4 is 28.7 Å². The number of benzene rings is 1. The van der Waals surface area contributed by atoms with Crippen molar-refractivity contribution in [2.45, 2.75) is 26.3 Å². The Morgan fingerprint density at radius 2 is 2.03 bits per heavy atom. The van der Waals surface area contributed by atoms with E-state index in [1.54, 1.807) is 6.33 Å². The number of anilines is 2. The van der Waals surface area contributed by atoms with Gasteiger partial charge in [0.25, 0.3) is 0 Å². The van der Waals surface area contributed by atoms with E-state index in [2.05, 4.69) is 27.4 Å². The number of ether oxygens (including phenoxy) is 1. The van der Waals surface area contributed by atoms with Gasteiger partial charge in [0.05, 0.1) is 25.6 Å². The van der Waals surface area contributed by atoms with Gasteiger partial charge in [-0.05, 0) is 37.6 Å². The van der Waals surface area contributed by atoms with E-state index < -0.39 is 0 Å². The van der Waals surface area contributed by atoms with Crippen molar-refractivity contribution in [3.63, 3.8) is 0 Å². The molecule has 2 N–H and O–H groups in total. The fourth-order valence-corrected chi connectivity index (χ4v) is 3.68.